The molecule has 30 heavy (non-hydrogen) atoms. The number of amides is 3. The van der Waals surface area contributed by atoms with Gasteiger partial charge in [0.15, 0.2) is 6.04 Å². The van der Waals surface area contributed by atoms with Crippen molar-refractivity contribution in [3.8, 4) is 0 Å². The number of carbonyl (C=O) groups excluding carboxylic acids is 3. The second kappa shape index (κ2) is 12.1. The summed E-state index contributed by atoms with van der Waals surface area (Å²) < 4.78 is 0. The Morgan fingerprint density at radius 1 is 0.767 bits per heavy atom. The molecule has 3 amide bonds. The van der Waals surface area contributed by atoms with E-state index < -0.39 is 72.3 Å². The minimum Gasteiger partial charge on any atom is -0.481 e. The van der Waals surface area contributed by atoms with Gasteiger partial charge >= 0.3 is 11.9 Å². The lowest BCUT2D eigenvalue weighted by atomic mass is 9.99. The third kappa shape index (κ3) is 8.74. The summed E-state index contributed by atoms with van der Waals surface area (Å²) in [6.45, 7) is 7.84. The van der Waals surface area contributed by atoms with Gasteiger partial charge in [-0.25, -0.2) is 4.79 Å². The minimum atomic E-state index is -1.70. The van der Waals surface area contributed by atoms with Crippen molar-refractivity contribution in [2.45, 2.75) is 71.3 Å². The predicted octanol–water partition coefficient (Wildman–Crippen LogP) is -1.98. The Kier molecular flexibility index (Phi) is 11.0. The number of aliphatic hydroxyl groups excluding tert-OH is 1. The van der Waals surface area contributed by atoms with Crippen LogP contribution >= 0.6 is 0 Å². The maximum absolute atomic E-state index is 12.7. The average Bonchev–Trinajstić information content (AvgIpc) is 2.60. The van der Waals surface area contributed by atoms with Gasteiger partial charge in [0.05, 0.1) is 18.6 Å². The molecule has 0 aliphatic carbocycles. The third-order valence-electron chi connectivity index (χ3n) is 4.33. The smallest absolute Gasteiger partial charge is 0.328 e. The van der Waals surface area contributed by atoms with Crippen molar-refractivity contribution in [1.82, 2.24) is 16.0 Å². The van der Waals surface area contributed by atoms with Crippen LogP contribution in [0.4, 0.5) is 0 Å². The summed E-state index contributed by atoms with van der Waals surface area (Å²) in [5, 5.41) is 34.3. The van der Waals surface area contributed by atoms with Gasteiger partial charge in [0.1, 0.15) is 12.1 Å². The lowest BCUT2D eigenvalue weighted by Crippen LogP contribution is -2.60. The second-order valence-corrected chi connectivity index (χ2v) is 7.72. The highest BCUT2D eigenvalue weighted by Crippen LogP contribution is 2.07. The SMILES string of the molecule is CC(C)C(N)C(=O)NC(C(=O)NC(CC(=O)O)C(=O)NC(C(=O)O)C(C)O)C(C)C. The van der Waals surface area contributed by atoms with Crippen LogP contribution in [0, 0.1) is 11.8 Å². The summed E-state index contributed by atoms with van der Waals surface area (Å²) in [6.07, 6.45) is -2.30. The molecule has 0 aromatic rings. The number of carboxylic acid groups (broad SMARTS) is 2. The van der Waals surface area contributed by atoms with E-state index in [2.05, 4.69) is 10.6 Å². The van der Waals surface area contributed by atoms with E-state index in [0.29, 0.717) is 0 Å². The Morgan fingerprint density at radius 3 is 1.63 bits per heavy atom. The molecular formula is C18H32N4O8. The monoisotopic (exact) mass is 432 g/mol. The van der Waals surface area contributed by atoms with Crippen LogP contribution in [0.5, 0.6) is 0 Å². The molecule has 0 saturated carbocycles. The van der Waals surface area contributed by atoms with Crippen molar-refractivity contribution >= 4 is 29.7 Å². The number of nitrogens with two attached hydrogens (primary N) is 1. The molecule has 12 nitrogen and oxygen atoms in total. The number of carbonyl (C=O) groups is 5. The first-order valence-electron chi connectivity index (χ1n) is 9.48. The molecule has 12 heteroatoms. The topological polar surface area (TPSA) is 208 Å². The molecule has 0 aromatic carbocycles. The summed E-state index contributed by atoms with van der Waals surface area (Å²) in [6, 6.07) is -5.32. The first-order valence-corrected chi connectivity index (χ1v) is 9.48. The predicted molar refractivity (Wildman–Crippen MR) is 105 cm³/mol. The Bertz CT molecular complexity index is 650. The van der Waals surface area contributed by atoms with E-state index in [1.807, 2.05) is 5.32 Å². The van der Waals surface area contributed by atoms with Gasteiger partial charge in [-0.3, -0.25) is 19.2 Å². The van der Waals surface area contributed by atoms with Gasteiger partial charge in [0.2, 0.25) is 17.7 Å². The van der Waals surface area contributed by atoms with Crippen LogP contribution in [0.1, 0.15) is 41.0 Å². The highest BCUT2D eigenvalue weighted by Gasteiger charge is 2.34. The third-order valence-corrected chi connectivity index (χ3v) is 4.33. The van der Waals surface area contributed by atoms with E-state index in [1.54, 1.807) is 27.7 Å². The lowest BCUT2D eigenvalue weighted by molar-refractivity contribution is -0.146. The lowest BCUT2D eigenvalue weighted by Gasteiger charge is -2.27. The van der Waals surface area contributed by atoms with Crippen molar-refractivity contribution in [2.75, 3.05) is 0 Å². The van der Waals surface area contributed by atoms with Gasteiger partial charge in [0, 0.05) is 0 Å². The van der Waals surface area contributed by atoms with Crippen LogP contribution in [-0.2, 0) is 24.0 Å². The summed E-state index contributed by atoms with van der Waals surface area (Å²) >= 11 is 0. The first kappa shape index (κ1) is 27.3. The molecular weight excluding hydrogens is 400 g/mol. The number of nitrogens with one attached hydrogen (secondary N) is 3. The number of aliphatic carboxylic acids is 2. The van der Waals surface area contributed by atoms with Crippen LogP contribution in [0.3, 0.4) is 0 Å². The van der Waals surface area contributed by atoms with Crippen molar-refractivity contribution in [1.29, 1.82) is 0 Å². The highest BCUT2D eigenvalue weighted by molar-refractivity contribution is 5.95. The fourth-order valence-corrected chi connectivity index (χ4v) is 2.38. The largest absolute Gasteiger partial charge is 0.481 e. The molecule has 0 radical (unpaired) electrons. The van der Waals surface area contributed by atoms with E-state index in [-0.39, 0.29) is 5.92 Å². The molecule has 0 aliphatic rings. The number of aliphatic hydroxyl groups is 1. The fourth-order valence-electron chi connectivity index (χ4n) is 2.38. The standard InChI is InChI=1S/C18H32N4O8/c1-7(2)12(19)16(27)21-13(8(3)4)17(28)20-10(6-11(24)25)15(26)22-14(9(5)23)18(29)30/h7-10,12-14,23H,6,19H2,1-5H3,(H,20,28)(H,21,27)(H,22,26)(H,24,25)(H,29,30). The van der Waals surface area contributed by atoms with Gasteiger partial charge in [-0.1, -0.05) is 27.7 Å². The quantitative estimate of drug-likeness (QED) is 0.182. The summed E-state index contributed by atoms with van der Waals surface area (Å²) in [4.78, 5) is 59.5. The van der Waals surface area contributed by atoms with Crippen LogP contribution in [0.2, 0.25) is 0 Å². The number of carboxylic acids is 2. The van der Waals surface area contributed by atoms with Crippen molar-refractivity contribution in [3.63, 3.8) is 0 Å². The number of hydrogen-bond donors (Lipinski definition) is 7. The van der Waals surface area contributed by atoms with Crippen LogP contribution < -0.4 is 21.7 Å². The Morgan fingerprint density at radius 2 is 1.27 bits per heavy atom. The Hall–Kier alpha value is -2.73. The maximum atomic E-state index is 12.7. The molecule has 5 atom stereocenters. The minimum absolute atomic E-state index is 0.195. The Labute approximate surface area is 174 Å². The van der Waals surface area contributed by atoms with Crippen LogP contribution in [-0.4, -0.2) is 75.3 Å². The van der Waals surface area contributed by atoms with Gasteiger partial charge in [-0.15, -0.1) is 0 Å². The zero-order valence-electron chi connectivity index (χ0n) is 17.7. The van der Waals surface area contributed by atoms with Gasteiger partial charge in [0.25, 0.3) is 0 Å². The van der Waals surface area contributed by atoms with Crippen molar-refractivity contribution in [3.05, 3.63) is 0 Å². The Balaban J connectivity index is 5.47. The molecule has 0 heterocycles. The van der Waals surface area contributed by atoms with E-state index in [4.69, 9.17) is 15.9 Å². The molecule has 0 spiro atoms. The molecule has 0 bridgehead atoms. The molecule has 0 aliphatic heterocycles. The average molecular weight is 432 g/mol. The molecule has 8 N–H and O–H groups in total. The van der Waals surface area contributed by atoms with E-state index >= 15 is 0 Å². The van der Waals surface area contributed by atoms with E-state index in [9.17, 15) is 29.1 Å². The highest BCUT2D eigenvalue weighted by atomic mass is 16.4. The van der Waals surface area contributed by atoms with Gasteiger partial charge < -0.3 is 37.0 Å². The maximum Gasteiger partial charge on any atom is 0.328 e. The molecule has 5 unspecified atom stereocenters. The second-order valence-electron chi connectivity index (χ2n) is 7.72. The van der Waals surface area contributed by atoms with Crippen molar-refractivity contribution < 1.29 is 39.3 Å². The zero-order chi connectivity index (χ0) is 23.8. The summed E-state index contributed by atoms with van der Waals surface area (Å²) in [5.41, 5.74) is 5.77. The number of rotatable bonds is 12. The summed E-state index contributed by atoms with van der Waals surface area (Å²) in [7, 11) is 0. The summed E-state index contributed by atoms with van der Waals surface area (Å²) in [5.74, 6) is -6.10. The fraction of sp³-hybridized carbons (Fsp3) is 0.722. The van der Waals surface area contributed by atoms with E-state index in [1.165, 1.54) is 0 Å². The van der Waals surface area contributed by atoms with Gasteiger partial charge in [-0.05, 0) is 18.8 Å². The van der Waals surface area contributed by atoms with Crippen LogP contribution in [0.15, 0.2) is 0 Å². The van der Waals surface area contributed by atoms with Crippen molar-refractivity contribution in [2.24, 2.45) is 17.6 Å². The molecule has 0 rings (SSSR count). The zero-order valence-corrected chi connectivity index (χ0v) is 17.7. The normalized spacial score (nSPS) is 16.2. The molecule has 0 aromatic heterocycles. The molecule has 0 fully saturated rings. The van der Waals surface area contributed by atoms with E-state index in [0.717, 1.165) is 6.92 Å². The molecule has 0 saturated heterocycles. The molecule has 172 valence electrons. The number of hydrogen-bond acceptors (Lipinski definition) is 7. The van der Waals surface area contributed by atoms with Crippen LogP contribution in [0.25, 0.3) is 0 Å². The van der Waals surface area contributed by atoms with Gasteiger partial charge in [-0.2, -0.15) is 0 Å². The first-order chi connectivity index (χ1) is 13.7.